The van der Waals surface area contributed by atoms with Gasteiger partial charge >= 0.3 is 0 Å². The van der Waals surface area contributed by atoms with E-state index in [2.05, 4.69) is 4.98 Å². The fourth-order valence-corrected chi connectivity index (χ4v) is 4.36. The van der Waals surface area contributed by atoms with E-state index in [4.69, 9.17) is 9.47 Å². The van der Waals surface area contributed by atoms with Gasteiger partial charge in [-0.25, -0.2) is 0 Å². The number of hydrogen-bond acceptors (Lipinski definition) is 4. The lowest BCUT2D eigenvalue weighted by atomic mass is 10.0. The number of likely N-dealkylation sites (tertiary alicyclic amines) is 1. The van der Waals surface area contributed by atoms with Crippen molar-refractivity contribution < 1.29 is 14.3 Å². The fraction of sp³-hybridized carbons (Fsp3) is 0.684. The third-order valence-electron chi connectivity index (χ3n) is 5.64. The molecule has 2 saturated heterocycles. The van der Waals surface area contributed by atoms with E-state index in [9.17, 15) is 4.79 Å². The van der Waals surface area contributed by atoms with Gasteiger partial charge < -0.3 is 14.4 Å². The number of carbonyl (C=O) groups excluding carboxylic acids is 1. The Morgan fingerprint density at radius 2 is 2.12 bits per heavy atom. The summed E-state index contributed by atoms with van der Waals surface area (Å²) in [4.78, 5) is 19.0. The van der Waals surface area contributed by atoms with Gasteiger partial charge in [-0.05, 0) is 43.7 Å². The number of fused-ring (bicyclic) bond motifs is 1. The molecule has 130 valence electrons. The number of carbonyl (C=O) groups is 1. The molecule has 0 bridgehead atoms. The molecule has 1 aliphatic carbocycles. The zero-order valence-corrected chi connectivity index (χ0v) is 14.1. The number of rotatable bonds is 4. The summed E-state index contributed by atoms with van der Waals surface area (Å²) in [6.45, 7) is 2.20. The first-order valence-electron chi connectivity index (χ1n) is 9.28. The van der Waals surface area contributed by atoms with E-state index in [1.165, 1.54) is 25.7 Å². The lowest BCUT2D eigenvalue weighted by molar-refractivity contribution is -0.0821. The van der Waals surface area contributed by atoms with Crippen molar-refractivity contribution in [3.8, 4) is 0 Å². The molecule has 5 heteroatoms. The van der Waals surface area contributed by atoms with Crippen LogP contribution in [0, 0.1) is 5.92 Å². The van der Waals surface area contributed by atoms with Gasteiger partial charge in [-0.3, -0.25) is 9.78 Å². The fourth-order valence-electron chi connectivity index (χ4n) is 4.36. The van der Waals surface area contributed by atoms with Crippen molar-refractivity contribution >= 4 is 5.91 Å². The summed E-state index contributed by atoms with van der Waals surface area (Å²) in [6, 6.07) is 5.61. The Kier molecular flexibility index (Phi) is 4.81. The molecular formula is C19H26N2O3. The Balaban J connectivity index is 1.45. The van der Waals surface area contributed by atoms with Crippen molar-refractivity contribution in [3.05, 3.63) is 30.1 Å². The smallest absolute Gasteiger partial charge is 0.272 e. The molecule has 1 aromatic heterocycles. The Hall–Kier alpha value is -1.46. The molecule has 0 N–H and O–H groups in total. The molecule has 3 atom stereocenters. The molecule has 1 saturated carbocycles. The highest BCUT2D eigenvalue weighted by Gasteiger charge is 2.47. The molecule has 1 aromatic rings. The molecule has 0 spiro atoms. The van der Waals surface area contributed by atoms with Gasteiger partial charge in [-0.1, -0.05) is 18.9 Å². The minimum absolute atomic E-state index is 0.00284. The lowest BCUT2D eigenvalue weighted by Gasteiger charge is -2.32. The van der Waals surface area contributed by atoms with Crippen molar-refractivity contribution in [2.45, 2.75) is 56.8 Å². The Bertz CT molecular complexity index is 559. The summed E-state index contributed by atoms with van der Waals surface area (Å²) < 4.78 is 12.2. The monoisotopic (exact) mass is 330 g/mol. The first-order valence-corrected chi connectivity index (χ1v) is 9.28. The van der Waals surface area contributed by atoms with E-state index in [1.807, 2.05) is 17.0 Å². The standard InChI is InChI=1S/C19H26N2O3/c22-19(15-8-3-4-10-20-15)21-12-17(18-16(21)9-5-11-23-18)24-13-14-6-1-2-7-14/h3-4,8,10,14,16-18H,1-2,5-7,9,11-13H2/t16-,17-,18+/m1/s1. The number of ether oxygens (including phenoxy) is 2. The molecule has 0 aromatic carbocycles. The summed E-state index contributed by atoms with van der Waals surface area (Å²) in [5.74, 6) is 0.690. The van der Waals surface area contributed by atoms with Gasteiger partial charge in [0.15, 0.2) is 0 Å². The third-order valence-corrected chi connectivity index (χ3v) is 5.64. The van der Waals surface area contributed by atoms with Crippen LogP contribution >= 0.6 is 0 Å². The van der Waals surface area contributed by atoms with Crippen molar-refractivity contribution in [3.63, 3.8) is 0 Å². The normalized spacial score (nSPS) is 30.5. The topological polar surface area (TPSA) is 51.7 Å². The quantitative estimate of drug-likeness (QED) is 0.852. The molecule has 4 rings (SSSR count). The van der Waals surface area contributed by atoms with Crippen LogP contribution < -0.4 is 0 Å². The molecule has 0 radical (unpaired) electrons. The number of amides is 1. The van der Waals surface area contributed by atoms with Gasteiger partial charge in [0.25, 0.3) is 5.91 Å². The maximum Gasteiger partial charge on any atom is 0.272 e. The number of hydrogen-bond donors (Lipinski definition) is 0. The number of pyridine rings is 1. The molecule has 1 amide bonds. The van der Waals surface area contributed by atoms with Gasteiger partial charge in [0.1, 0.15) is 17.9 Å². The maximum absolute atomic E-state index is 12.9. The zero-order chi connectivity index (χ0) is 16.4. The molecule has 0 unspecified atom stereocenters. The predicted molar refractivity (Wildman–Crippen MR) is 89.7 cm³/mol. The second kappa shape index (κ2) is 7.19. The lowest BCUT2D eigenvalue weighted by Crippen LogP contribution is -2.44. The molecule has 3 fully saturated rings. The first-order chi connectivity index (χ1) is 11.8. The highest BCUT2D eigenvalue weighted by atomic mass is 16.5. The summed E-state index contributed by atoms with van der Waals surface area (Å²) >= 11 is 0. The number of aromatic nitrogens is 1. The van der Waals surface area contributed by atoms with E-state index < -0.39 is 0 Å². The van der Waals surface area contributed by atoms with Crippen LogP contribution in [0.5, 0.6) is 0 Å². The van der Waals surface area contributed by atoms with E-state index in [0.717, 1.165) is 26.1 Å². The van der Waals surface area contributed by atoms with Crippen LogP contribution in [0.3, 0.4) is 0 Å². The highest BCUT2D eigenvalue weighted by Crippen LogP contribution is 2.33. The predicted octanol–water partition coefficient (Wildman–Crippen LogP) is 2.66. The average molecular weight is 330 g/mol. The Morgan fingerprint density at radius 1 is 1.25 bits per heavy atom. The van der Waals surface area contributed by atoms with Crippen molar-refractivity contribution in [1.29, 1.82) is 0 Å². The van der Waals surface area contributed by atoms with Crippen LogP contribution in [0.2, 0.25) is 0 Å². The Morgan fingerprint density at radius 3 is 2.92 bits per heavy atom. The van der Waals surface area contributed by atoms with Crippen LogP contribution in [-0.4, -0.2) is 53.8 Å². The van der Waals surface area contributed by atoms with Gasteiger partial charge in [0.05, 0.1) is 12.6 Å². The van der Waals surface area contributed by atoms with Crippen LogP contribution in [0.1, 0.15) is 49.0 Å². The Labute approximate surface area is 143 Å². The van der Waals surface area contributed by atoms with E-state index in [-0.39, 0.29) is 24.2 Å². The summed E-state index contributed by atoms with van der Waals surface area (Å²) in [7, 11) is 0. The van der Waals surface area contributed by atoms with E-state index in [1.54, 1.807) is 12.3 Å². The maximum atomic E-state index is 12.9. The summed E-state index contributed by atoms with van der Waals surface area (Å²) in [5.41, 5.74) is 0.512. The SMILES string of the molecule is O=C(c1ccccn1)N1C[C@@H](OCC2CCCC2)[C@H]2OCCC[C@H]21. The van der Waals surface area contributed by atoms with Gasteiger partial charge in [-0.15, -0.1) is 0 Å². The second-order valence-corrected chi connectivity index (χ2v) is 7.24. The van der Waals surface area contributed by atoms with Crippen molar-refractivity contribution in [2.75, 3.05) is 19.8 Å². The van der Waals surface area contributed by atoms with Crippen molar-refractivity contribution in [2.24, 2.45) is 5.92 Å². The minimum atomic E-state index is 0.00284. The minimum Gasteiger partial charge on any atom is -0.373 e. The molecule has 24 heavy (non-hydrogen) atoms. The van der Waals surface area contributed by atoms with Gasteiger partial charge in [0, 0.05) is 19.4 Å². The van der Waals surface area contributed by atoms with Crippen LogP contribution in [0.15, 0.2) is 24.4 Å². The molecular weight excluding hydrogens is 304 g/mol. The molecule has 3 heterocycles. The third kappa shape index (κ3) is 3.20. The number of nitrogens with zero attached hydrogens (tertiary/aromatic N) is 2. The summed E-state index contributed by atoms with van der Waals surface area (Å²) in [5, 5.41) is 0. The molecule has 2 aliphatic heterocycles. The van der Waals surface area contributed by atoms with Crippen molar-refractivity contribution in [1.82, 2.24) is 9.88 Å². The molecule has 5 nitrogen and oxygen atoms in total. The van der Waals surface area contributed by atoms with Gasteiger partial charge in [0.2, 0.25) is 0 Å². The van der Waals surface area contributed by atoms with Crippen LogP contribution in [0.25, 0.3) is 0 Å². The van der Waals surface area contributed by atoms with Crippen LogP contribution in [-0.2, 0) is 9.47 Å². The second-order valence-electron chi connectivity index (χ2n) is 7.24. The van der Waals surface area contributed by atoms with E-state index in [0.29, 0.717) is 18.2 Å². The average Bonchev–Trinajstić information content (AvgIpc) is 3.28. The van der Waals surface area contributed by atoms with E-state index >= 15 is 0 Å². The van der Waals surface area contributed by atoms with Gasteiger partial charge in [-0.2, -0.15) is 0 Å². The highest BCUT2D eigenvalue weighted by molar-refractivity contribution is 5.92. The largest absolute Gasteiger partial charge is 0.373 e. The first kappa shape index (κ1) is 16.0. The van der Waals surface area contributed by atoms with Crippen LogP contribution in [0.4, 0.5) is 0 Å². The molecule has 3 aliphatic rings. The summed E-state index contributed by atoms with van der Waals surface area (Å²) in [6.07, 6.45) is 8.89. The zero-order valence-electron chi connectivity index (χ0n) is 14.1.